The number of pyridine rings is 1. The van der Waals surface area contributed by atoms with Crippen LogP contribution in [0.1, 0.15) is 5.56 Å². The molecule has 0 saturated carbocycles. The highest BCUT2D eigenvalue weighted by Crippen LogP contribution is 2.12. The Hall–Kier alpha value is -1.42. The summed E-state index contributed by atoms with van der Waals surface area (Å²) >= 11 is 3.30. The summed E-state index contributed by atoms with van der Waals surface area (Å²) in [6.45, 7) is 0.432. The maximum atomic E-state index is 13.3. The molecule has 16 heavy (non-hydrogen) atoms. The Labute approximate surface area is 102 Å². The van der Waals surface area contributed by atoms with Gasteiger partial charge in [-0.2, -0.15) is 0 Å². The number of aromatic nitrogens is 1. The molecule has 0 saturated heterocycles. The van der Waals surface area contributed by atoms with Crippen molar-refractivity contribution in [2.45, 2.75) is 6.54 Å². The van der Waals surface area contributed by atoms with Crippen LogP contribution in [0.4, 0.5) is 10.2 Å². The van der Waals surface area contributed by atoms with E-state index in [4.69, 9.17) is 0 Å². The van der Waals surface area contributed by atoms with Crippen LogP contribution in [0.3, 0.4) is 0 Å². The average Bonchev–Trinajstić information content (AvgIpc) is 2.30. The standard InChI is InChI=1S/C12H10BrFN2/c13-10-5-6-12(16-8-10)15-7-9-3-1-2-4-11(9)14/h1-6,8H,7H2,(H,15,16). The molecule has 1 N–H and O–H groups in total. The molecule has 0 aliphatic heterocycles. The minimum Gasteiger partial charge on any atom is -0.366 e. The first-order valence-corrected chi connectivity index (χ1v) is 5.64. The van der Waals surface area contributed by atoms with Crippen LogP contribution in [-0.4, -0.2) is 4.98 Å². The third kappa shape index (κ3) is 2.79. The molecule has 1 aromatic carbocycles. The van der Waals surface area contributed by atoms with E-state index in [1.165, 1.54) is 6.07 Å². The fourth-order valence-corrected chi connectivity index (χ4v) is 1.54. The number of benzene rings is 1. The molecule has 0 bridgehead atoms. The second-order valence-electron chi connectivity index (χ2n) is 3.31. The van der Waals surface area contributed by atoms with E-state index in [9.17, 15) is 4.39 Å². The van der Waals surface area contributed by atoms with Gasteiger partial charge in [0.1, 0.15) is 11.6 Å². The molecule has 0 unspecified atom stereocenters. The molecule has 0 atom stereocenters. The monoisotopic (exact) mass is 280 g/mol. The van der Waals surface area contributed by atoms with E-state index in [1.54, 1.807) is 18.3 Å². The van der Waals surface area contributed by atoms with Crippen LogP contribution in [0.2, 0.25) is 0 Å². The maximum Gasteiger partial charge on any atom is 0.128 e. The largest absolute Gasteiger partial charge is 0.366 e. The zero-order valence-corrected chi connectivity index (χ0v) is 10.0. The third-order valence-corrected chi connectivity index (χ3v) is 2.61. The van der Waals surface area contributed by atoms with Crippen LogP contribution in [0.15, 0.2) is 47.1 Å². The van der Waals surface area contributed by atoms with Crippen molar-refractivity contribution < 1.29 is 4.39 Å². The summed E-state index contributed by atoms with van der Waals surface area (Å²) in [5.41, 5.74) is 0.632. The summed E-state index contributed by atoms with van der Waals surface area (Å²) in [7, 11) is 0. The Bertz CT molecular complexity index is 471. The van der Waals surface area contributed by atoms with Gasteiger partial charge in [0.05, 0.1) is 0 Å². The lowest BCUT2D eigenvalue weighted by molar-refractivity contribution is 0.613. The maximum absolute atomic E-state index is 13.3. The smallest absolute Gasteiger partial charge is 0.128 e. The Balaban J connectivity index is 2.02. The van der Waals surface area contributed by atoms with Gasteiger partial charge in [0, 0.05) is 22.8 Å². The highest BCUT2D eigenvalue weighted by Gasteiger charge is 2.00. The van der Waals surface area contributed by atoms with Gasteiger partial charge in [-0.25, -0.2) is 9.37 Å². The molecule has 0 fully saturated rings. The zero-order chi connectivity index (χ0) is 11.4. The van der Waals surface area contributed by atoms with Crippen molar-refractivity contribution in [2.24, 2.45) is 0 Å². The first-order valence-electron chi connectivity index (χ1n) is 4.84. The van der Waals surface area contributed by atoms with Gasteiger partial charge < -0.3 is 5.32 Å². The van der Waals surface area contributed by atoms with Gasteiger partial charge in [-0.1, -0.05) is 18.2 Å². The SMILES string of the molecule is Fc1ccccc1CNc1ccc(Br)cn1. The second kappa shape index (κ2) is 5.07. The first-order chi connectivity index (χ1) is 7.75. The van der Waals surface area contributed by atoms with Crippen LogP contribution in [0.5, 0.6) is 0 Å². The molecular weight excluding hydrogens is 271 g/mol. The molecule has 2 nitrogen and oxygen atoms in total. The van der Waals surface area contributed by atoms with Crippen molar-refractivity contribution >= 4 is 21.7 Å². The van der Waals surface area contributed by atoms with E-state index >= 15 is 0 Å². The zero-order valence-electron chi connectivity index (χ0n) is 8.45. The third-order valence-electron chi connectivity index (χ3n) is 2.15. The lowest BCUT2D eigenvalue weighted by Crippen LogP contribution is -2.02. The predicted octanol–water partition coefficient (Wildman–Crippen LogP) is 3.60. The average molecular weight is 281 g/mol. The van der Waals surface area contributed by atoms with E-state index in [2.05, 4.69) is 26.2 Å². The molecule has 0 amide bonds. The molecule has 1 aromatic heterocycles. The predicted molar refractivity (Wildman–Crippen MR) is 65.7 cm³/mol. The molecule has 2 aromatic rings. The van der Waals surface area contributed by atoms with Crippen LogP contribution in [-0.2, 0) is 6.54 Å². The van der Waals surface area contributed by atoms with Crippen molar-refractivity contribution in [2.75, 3.05) is 5.32 Å². The summed E-state index contributed by atoms with van der Waals surface area (Å²) < 4.78 is 14.2. The lowest BCUT2D eigenvalue weighted by atomic mass is 10.2. The molecule has 1 heterocycles. The van der Waals surface area contributed by atoms with Crippen molar-refractivity contribution in [3.05, 3.63) is 58.4 Å². The summed E-state index contributed by atoms with van der Waals surface area (Å²) in [4.78, 5) is 4.14. The van der Waals surface area contributed by atoms with Crippen molar-refractivity contribution in [1.29, 1.82) is 0 Å². The molecule has 0 spiro atoms. The van der Waals surface area contributed by atoms with E-state index in [0.29, 0.717) is 12.1 Å². The minimum absolute atomic E-state index is 0.202. The number of hydrogen-bond donors (Lipinski definition) is 1. The number of hydrogen-bond acceptors (Lipinski definition) is 2. The quantitative estimate of drug-likeness (QED) is 0.929. The topological polar surface area (TPSA) is 24.9 Å². The lowest BCUT2D eigenvalue weighted by Gasteiger charge is -2.06. The summed E-state index contributed by atoms with van der Waals surface area (Å²) in [6, 6.07) is 10.4. The molecular formula is C12H10BrFN2. The molecule has 4 heteroatoms. The van der Waals surface area contributed by atoms with Crippen LogP contribution < -0.4 is 5.32 Å². The molecule has 0 radical (unpaired) electrons. The summed E-state index contributed by atoms with van der Waals surface area (Å²) in [5, 5.41) is 3.06. The Morgan fingerprint density at radius 1 is 1.19 bits per heavy atom. The molecule has 0 aliphatic rings. The Morgan fingerprint density at radius 3 is 2.69 bits per heavy atom. The van der Waals surface area contributed by atoms with E-state index in [-0.39, 0.29) is 5.82 Å². The van der Waals surface area contributed by atoms with E-state index < -0.39 is 0 Å². The Morgan fingerprint density at radius 2 is 2.00 bits per heavy atom. The van der Waals surface area contributed by atoms with Gasteiger partial charge in [-0.3, -0.25) is 0 Å². The number of rotatable bonds is 3. The highest BCUT2D eigenvalue weighted by atomic mass is 79.9. The molecule has 82 valence electrons. The molecule has 2 rings (SSSR count). The van der Waals surface area contributed by atoms with Gasteiger partial charge in [0.2, 0.25) is 0 Å². The number of halogens is 2. The minimum atomic E-state index is -0.202. The van der Waals surface area contributed by atoms with Crippen LogP contribution in [0.25, 0.3) is 0 Å². The normalized spacial score (nSPS) is 10.1. The van der Waals surface area contributed by atoms with Crippen LogP contribution >= 0.6 is 15.9 Å². The number of nitrogens with one attached hydrogen (secondary N) is 1. The van der Waals surface area contributed by atoms with Gasteiger partial charge in [-0.15, -0.1) is 0 Å². The van der Waals surface area contributed by atoms with Gasteiger partial charge in [-0.05, 0) is 34.1 Å². The fraction of sp³-hybridized carbons (Fsp3) is 0.0833. The summed E-state index contributed by atoms with van der Waals surface area (Å²) in [5.74, 6) is 0.526. The Kier molecular flexibility index (Phi) is 3.51. The van der Waals surface area contributed by atoms with Crippen LogP contribution in [0, 0.1) is 5.82 Å². The van der Waals surface area contributed by atoms with Crippen molar-refractivity contribution in [3.8, 4) is 0 Å². The second-order valence-corrected chi connectivity index (χ2v) is 4.22. The number of anilines is 1. The first kappa shape index (κ1) is 11.1. The van der Waals surface area contributed by atoms with Crippen molar-refractivity contribution in [3.63, 3.8) is 0 Å². The summed E-state index contributed by atoms with van der Waals surface area (Å²) in [6.07, 6.45) is 1.70. The van der Waals surface area contributed by atoms with Gasteiger partial charge in [0.15, 0.2) is 0 Å². The molecule has 0 aliphatic carbocycles. The van der Waals surface area contributed by atoms with Crippen molar-refractivity contribution in [1.82, 2.24) is 4.98 Å². The fourth-order valence-electron chi connectivity index (χ4n) is 1.31. The van der Waals surface area contributed by atoms with Gasteiger partial charge >= 0.3 is 0 Å². The van der Waals surface area contributed by atoms with E-state index in [1.807, 2.05) is 18.2 Å². The number of nitrogens with zero attached hydrogens (tertiary/aromatic N) is 1. The van der Waals surface area contributed by atoms with Gasteiger partial charge in [0.25, 0.3) is 0 Å². The van der Waals surface area contributed by atoms with E-state index in [0.717, 1.165) is 10.3 Å². The highest BCUT2D eigenvalue weighted by molar-refractivity contribution is 9.10.